The zero-order valence-corrected chi connectivity index (χ0v) is 20.4. The van der Waals surface area contributed by atoms with E-state index in [1.165, 1.54) is 0 Å². The zero-order chi connectivity index (χ0) is 23.7. The number of rotatable bonds is 6. The Hall–Kier alpha value is -2.99. The van der Waals surface area contributed by atoms with E-state index in [2.05, 4.69) is 10.3 Å². The zero-order valence-electron chi connectivity index (χ0n) is 19.6. The molecule has 0 aliphatic carbocycles. The Labute approximate surface area is 194 Å². The second-order valence-electron chi connectivity index (χ2n) is 7.68. The highest BCUT2D eigenvalue weighted by atomic mass is 32.2. The van der Waals surface area contributed by atoms with Crippen LogP contribution in [0.25, 0.3) is 0 Å². The van der Waals surface area contributed by atoms with Gasteiger partial charge in [0.05, 0.1) is 0 Å². The van der Waals surface area contributed by atoms with Crippen molar-refractivity contribution in [1.82, 2.24) is 10.3 Å². The molecule has 1 amide bonds. The van der Waals surface area contributed by atoms with E-state index < -0.39 is 0 Å². The van der Waals surface area contributed by atoms with Crippen molar-refractivity contribution in [2.45, 2.75) is 40.3 Å². The number of ether oxygens (including phenoxy) is 1. The smallest absolute Gasteiger partial charge is 0.253 e. The number of thioether (sulfide) groups is 1. The third-order valence-electron chi connectivity index (χ3n) is 4.94. The third kappa shape index (κ3) is 7.02. The van der Waals surface area contributed by atoms with E-state index in [4.69, 9.17) is 4.74 Å². The maximum atomic E-state index is 12.6. The number of para-hydroxylation sites is 1. The minimum atomic E-state index is -0.204. The van der Waals surface area contributed by atoms with Crippen molar-refractivity contribution in [3.63, 3.8) is 0 Å². The average molecular weight is 453 g/mol. The van der Waals surface area contributed by atoms with Crippen molar-refractivity contribution in [3.8, 4) is 5.75 Å². The number of hydrogen-bond acceptors (Lipinski definition) is 4. The van der Waals surface area contributed by atoms with Crippen LogP contribution < -0.4 is 15.6 Å². The van der Waals surface area contributed by atoms with Crippen LogP contribution in [0.3, 0.4) is 0 Å². The van der Waals surface area contributed by atoms with Crippen LogP contribution >= 0.6 is 11.8 Å². The minimum absolute atomic E-state index is 0.137. The van der Waals surface area contributed by atoms with Crippen LogP contribution in [0, 0.1) is 20.8 Å². The molecule has 0 bridgehead atoms. The summed E-state index contributed by atoms with van der Waals surface area (Å²) in [6.45, 7) is 7.78. The number of hydrogen-bond donors (Lipinski definition) is 2. The van der Waals surface area contributed by atoms with E-state index in [0.717, 1.165) is 28.1 Å². The van der Waals surface area contributed by atoms with Crippen molar-refractivity contribution in [2.24, 2.45) is 0 Å². The predicted molar refractivity (Wildman–Crippen MR) is 134 cm³/mol. The molecule has 0 aliphatic rings. The van der Waals surface area contributed by atoms with Crippen molar-refractivity contribution < 1.29 is 9.53 Å². The number of aromatic amines is 1. The molecular weight excluding hydrogens is 420 g/mol. The molecule has 1 atom stereocenters. The lowest BCUT2D eigenvalue weighted by Gasteiger charge is -2.17. The molecule has 0 aliphatic heterocycles. The van der Waals surface area contributed by atoms with Gasteiger partial charge in [-0.25, -0.2) is 0 Å². The largest absolute Gasteiger partial charge is 0.486 e. The second-order valence-corrected chi connectivity index (χ2v) is 8.50. The summed E-state index contributed by atoms with van der Waals surface area (Å²) in [5, 5.41) is 2.86. The predicted octanol–water partition coefficient (Wildman–Crippen LogP) is 5.35. The topological polar surface area (TPSA) is 71.2 Å². The van der Waals surface area contributed by atoms with Gasteiger partial charge in [0.25, 0.3) is 11.5 Å². The molecule has 1 heterocycles. The summed E-state index contributed by atoms with van der Waals surface area (Å²) in [5.74, 6) is 0.600. The summed E-state index contributed by atoms with van der Waals surface area (Å²) in [6.07, 6.45) is 3.95. The number of aromatic nitrogens is 1. The fourth-order valence-corrected chi connectivity index (χ4v) is 3.33. The van der Waals surface area contributed by atoms with E-state index in [9.17, 15) is 9.59 Å². The van der Waals surface area contributed by atoms with Gasteiger partial charge in [-0.15, -0.1) is 0 Å². The Morgan fingerprint density at radius 2 is 1.69 bits per heavy atom. The van der Waals surface area contributed by atoms with E-state index in [-0.39, 0.29) is 24.1 Å². The van der Waals surface area contributed by atoms with E-state index in [0.29, 0.717) is 11.1 Å². The van der Waals surface area contributed by atoms with Crippen LogP contribution in [0.15, 0.2) is 59.4 Å². The van der Waals surface area contributed by atoms with Gasteiger partial charge in [-0.1, -0.05) is 30.3 Å². The Bertz CT molecular complexity index is 1090. The first-order valence-corrected chi connectivity index (χ1v) is 12.1. The lowest BCUT2D eigenvalue weighted by atomic mass is 10.0. The number of amides is 1. The molecule has 0 saturated heterocycles. The number of pyridine rings is 1. The Kier molecular flexibility index (Phi) is 9.60. The van der Waals surface area contributed by atoms with Gasteiger partial charge in [0.2, 0.25) is 0 Å². The number of carbonyl (C=O) groups is 1. The average Bonchev–Trinajstić information content (AvgIpc) is 2.74. The molecule has 6 heteroatoms. The van der Waals surface area contributed by atoms with Crippen LogP contribution in [0.5, 0.6) is 5.75 Å². The molecule has 0 saturated carbocycles. The first kappa shape index (κ1) is 25.3. The molecule has 1 aromatic heterocycles. The fourth-order valence-electron chi connectivity index (χ4n) is 3.33. The van der Waals surface area contributed by atoms with Crippen LogP contribution in [-0.2, 0) is 6.54 Å². The molecule has 32 heavy (non-hydrogen) atoms. The number of H-pyrrole nitrogens is 1. The Morgan fingerprint density at radius 3 is 2.28 bits per heavy atom. The number of aryl methyl sites for hydroxylation is 3. The highest BCUT2D eigenvalue weighted by Crippen LogP contribution is 2.23. The third-order valence-corrected chi connectivity index (χ3v) is 4.94. The normalized spacial score (nSPS) is 11.2. The standard InChI is InChI=1S/C24H26N2O3.C2H6S/c1-15-12-17(3)26-24(28)22(15)14-25-23(27)21-11-10-19(13-16(21)2)18(4)29-20-8-6-5-7-9-20;1-3-2/h5-13,18H,14H2,1-4H3,(H,25,27)(H,26,28);1-2H3/t18-;/m0./s1. The SMILES string of the molecule is CSC.Cc1cc(C)c(CNC(=O)c2ccc([C@H](C)Oc3ccccc3)cc2C)c(=O)[nH]1. The minimum Gasteiger partial charge on any atom is -0.486 e. The first-order valence-electron chi connectivity index (χ1n) is 10.5. The molecular formula is C26H32N2O3S. The maximum Gasteiger partial charge on any atom is 0.253 e. The van der Waals surface area contributed by atoms with Gasteiger partial charge in [0.1, 0.15) is 11.9 Å². The van der Waals surface area contributed by atoms with Crippen LogP contribution in [0.1, 0.15) is 51.3 Å². The molecule has 2 aromatic carbocycles. The molecule has 2 N–H and O–H groups in total. The molecule has 170 valence electrons. The van der Waals surface area contributed by atoms with Gasteiger partial charge in [0, 0.05) is 23.4 Å². The molecule has 0 unspecified atom stereocenters. The van der Waals surface area contributed by atoms with E-state index in [1.807, 2.05) is 88.7 Å². The fraction of sp³-hybridized carbons (Fsp3) is 0.308. The van der Waals surface area contributed by atoms with Gasteiger partial charge < -0.3 is 15.0 Å². The number of benzene rings is 2. The summed E-state index contributed by atoms with van der Waals surface area (Å²) >= 11 is 1.75. The molecule has 5 nitrogen and oxygen atoms in total. The van der Waals surface area contributed by atoms with Crippen LogP contribution in [-0.4, -0.2) is 23.4 Å². The Morgan fingerprint density at radius 1 is 1.03 bits per heavy atom. The van der Waals surface area contributed by atoms with Gasteiger partial charge >= 0.3 is 0 Å². The quantitative estimate of drug-likeness (QED) is 0.529. The summed E-state index contributed by atoms with van der Waals surface area (Å²) in [7, 11) is 0. The van der Waals surface area contributed by atoms with E-state index in [1.54, 1.807) is 17.8 Å². The number of nitrogens with one attached hydrogen (secondary N) is 2. The van der Waals surface area contributed by atoms with Crippen LogP contribution in [0.2, 0.25) is 0 Å². The Balaban J connectivity index is 0.00000114. The molecule has 0 fully saturated rings. The number of carbonyl (C=O) groups excluding carboxylic acids is 1. The maximum absolute atomic E-state index is 12.6. The van der Waals surface area contributed by atoms with Gasteiger partial charge in [-0.05, 0) is 81.2 Å². The van der Waals surface area contributed by atoms with E-state index >= 15 is 0 Å². The lowest BCUT2D eigenvalue weighted by molar-refractivity contribution is 0.0950. The first-order chi connectivity index (χ1) is 15.3. The van der Waals surface area contributed by atoms with Crippen LogP contribution in [0.4, 0.5) is 0 Å². The van der Waals surface area contributed by atoms with Crippen molar-refractivity contribution in [2.75, 3.05) is 12.5 Å². The summed E-state index contributed by atoms with van der Waals surface area (Å²) in [5.41, 5.74) is 4.52. The summed E-state index contributed by atoms with van der Waals surface area (Å²) in [6, 6.07) is 17.2. The summed E-state index contributed by atoms with van der Waals surface area (Å²) < 4.78 is 5.96. The lowest BCUT2D eigenvalue weighted by Crippen LogP contribution is -2.28. The van der Waals surface area contributed by atoms with Crippen molar-refractivity contribution in [1.29, 1.82) is 0 Å². The summed E-state index contributed by atoms with van der Waals surface area (Å²) in [4.78, 5) is 27.5. The van der Waals surface area contributed by atoms with Crippen molar-refractivity contribution in [3.05, 3.63) is 98.5 Å². The van der Waals surface area contributed by atoms with Gasteiger partial charge in [0.15, 0.2) is 0 Å². The van der Waals surface area contributed by atoms with Crippen molar-refractivity contribution >= 4 is 17.7 Å². The monoisotopic (exact) mass is 452 g/mol. The molecule has 3 rings (SSSR count). The molecule has 0 radical (unpaired) electrons. The highest BCUT2D eigenvalue weighted by Gasteiger charge is 2.14. The molecule has 3 aromatic rings. The molecule has 0 spiro atoms. The highest BCUT2D eigenvalue weighted by molar-refractivity contribution is 7.97. The van der Waals surface area contributed by atoms with Gasteiger partial charge in [-0.3, -0.25) is 9.59 Å². The second kappa shape index (κ2) is 12.2. The van der Waals surface area contributed by atoms with Gasteiger partial charge in [-0.2, -0.15) is 11.8 Å².